The van der Waals surface area contributed by atoms with Crippen LogP contribution in [0.15, 0.2) is 30.3 Å². The molecule has 0 bridgehead atoms. The Morgan fingerprint density at radius 3 is 2.46 bits per heavy atom. The summed E-state index contributed by atoms with van der Waals surface area (Å²) in [7, 11) is 3.05. The molecule has 1 aliphatic heterocycles. The molecule has 0 saturated carbocycles. The lowest BCUT2D eigenvalue weighted by Gasteiger charge is -2.18. The van der Waals surface area contributed by atoms with Crippen LogP contribution in [0.4, 0.5) is 20.8 Å². The predicted octanol–water partition coefficient (Wildman–Crippen LogP) is 2.03. The fourth-order valence-corrected chi connectivity index (χ4v) is 2.69. The Hall–Kier alpha value is -3.10. The number of hydrogen-bond donors (Lipinski definition) is 2. The number of ether oxygens (including phenoxy) is 2. The van der Waals surface area contributed by atoms with Gasteiger partial charge in [-0.25, -0.2) is 9.18 Å². The molecular formula is C17H20FN5O3. The maximum atomic E-state index is 12.9. The minimum absolute atomic E-state index is 0.0590. The van der Waals surface area contributed by atoms with Crippen molar-refractivity contribution in [1.82, 2.24) is 15.3 Å². The average Bonchev–Trinajstić information content (AvgIpc) is 3.11. The third-order valence-corrected chi connectivity index (χ3v) is 3.99. The Balaban J connectivity index is 1.58. The van der Waals surface area contributed by atoms with Crippen molar-refractivity contribution < 1.29 is 18.7 Å². The molecule has 1 aliphatic rings. The van der Waals surface area contributed by atoms with Crippen LogP contribution in [0.3, 0.4) is 0 Å². The van der Waals surface area contributed by atoms with Crippen LogP contribution >= 0.6 is 0 Å². The predicted molar refractivity (Wildman–Crippen MR) is 94.3 cm³/mol. The molecule has 8 nitrogen and oxygen atoms in total. The Kier molecular flexibility index (Phi) is 5.35. The number of anilines is 2. The molecule has 1 aromatic heterocycles. The Labute approximate surface area is 150 Å². The van der Waals surface area contributed by atoms with Crippen LogP contribution in [0, 0.1) is 5.82 Å². The number of carbonyl (C=O) groups excluding carboxylic acids is 1. The second-order valence-corrected chi connectivity index (χ2v) is 5.79. The standard InChI is InChI=1S/C17H20FN5O3/c1-25-14-9-15(26-2)22-16(21-14)23-8-7-13(10-23)20-17(24)19-12-5-3-11(18)4-6-12/h3-6,9,13H,7-8,10H2,1-2H3,(H2,19,20,24)/t13-/m0/s1. The van der Waals surface area contributed by atoms with Gasteiger partial charge >= 0.3 is 6.03 Å². The third-order valence-electron chi connectivity index (χ3n) is 3.99. The number of amides is 2. The molecule has 3 rings (SSSR count). The van der Waals surface area contributed by atoms with E-state index < -0.39 is 0 Å². The summed E-state index contributed by atoms with van der Waals surface area (Å²) < 4.78 is 23.2. The van der Waals surface area contributed by atoms with Gasteiger partial charge in [0.2, 0.25) is 17.7 Å². The van der Waals surface area contributed by atoms with E-state index in [9.17, 15) is 9.18 Å². The highest BCUT2D eigenvalue weighted by Crippen LogP contribution is 2.23. The van der Waals surface area contributed by atoms with Crippen molar-refractivity contribution in [3.05, 3.63) is 36.1 Å². The van der Waals surface area contributed by atoms with E-state index in [-0.39, 0.29) is 17.9 Å². The Morgan fingerprint density at radius 1 is 1.19 bits per heavy atom. The van der Waals surface area contributed by atoms with Crippen molar-refractivity contribution >= 4 is 17.7 Å². The van der Waals surface area contributed by atoms with Crippen LogP contribution in [0.1, 0.15) is 6.42 Å². The van der Waals surface area contributed by atoms with E-state index in [2.05, 4.69) is 20.6 Å². The lowest BCUT2D eigenvalue weighted by Crippen LogP contribution is -2.39. The molecule has 26 heavy (non-hydrogen) atoms. The first-order valence-electron chi connectivity index (χ1n) is 8.12. The zero-order valence-corrected chi connectivity index (χ0v) is 14.5. The number of nitrogens with zero attached hydrogens (tertiary/aromatic N) is 3. The average molecular weight is 361 g/mol. The van der Waals surface area contributed by atoms with Crippen molar-refractivity contribution in [2.24, 2.45) is 0 Å². The number of aromatic nitrogens is 2. The van der Waals surface area contributed by atoms with Gasteiger partial charge in [-0.1, -0.05) is 0 Å². The normalized spacial score (nSPS) is 16.3. The van der Waals surface area contributed by atoms with Gasteiger partial charge in [-0.2, -0.15) is 9.97 Å². The molecule has 0 aliphatic carbocycles. The zero-order chi connectivity index (χ0) is 18.5. The summed E-state index contributed by atoms with van der Waals surface area (Å²) in [4.78, 5) is 22.7. The number of rotatable bonds is 5. The first-order chi connectivity index (χ1) is 12.6. The first-order valence-corrected chi connectivity index (χ1v) is 8.12. The highest BCUT2D eigenvalue weighted by Gasteiger charge is 2.26. The van der Waals surface area contributed by atoms with E-state index in [0.717, 1.165) is 6.42 Å². The maximum absolute atomic E-state index is 12.9. The Morgan fingerprint density at radius 2 is 1.85 bits per heavy atom. The molecule has 0 radical (unpaired) electrons. The van der Waals surface area contributed by atoms with Gasteiger partial charge in [-0.05, 0) is 30.7 Å². The third kappa shape index (κ3) is 4.29. The van der Waals surface area contributed by atoms with Crippen molar-refractivity contribution in [1.29, 1.82) is 0 Å². The van der Waals surface area contributed by atoms with Gasteiger partial charge in [-0.15, -0.1) is 0 Å². The van der Waals surface area contributed by atoms with Crippen molar-refractivity contribution in [2.45, 2.75) is 12.5 Å². The lowest BCUT2D eigenvalue weighted by atomic mass is 10.3. The highest BCUT2D eigenvalue weighted by atomic mass is 19.1. The van der Waals surface area contributed by atoms with Gasteiger partial charge in [0.15, 0.2) is 0 Å². The van der Waals surface area contributed by atoms with E-state index in [1.807, 2.05) is 4.90 Å². The molecule has 1 aromatic carbocycles. The van der Waals surface area contributed by atoms with Crippen molar-refractivity contribution in [3.8, 4) is 11.8 Å². The van der Waals surface area contributed by atoms with Gasteiger partial charge in [0, 0.05) is 24.8 Å². The molecular weight excluding hydrogens is 341 g/mol. The van der Waals surface area contributed by atoms with Crippen LogP contribution < -0.4 is 25.0 Å². The minimum Gasteiger partial charge on any atom is -0.481 e. The Bertz CT molecular complexity index is 749. The summed E-state index contributed by atoms with van der Waals surface area (Å²) in [6.45, 7) is 1.25. The molecule has 2 heterocycles. The van der Waals surface area contributed by atoms with Gasteiger partial charge in [0.05, 0.1) is 20.3 Å². The summed E-state index contributed by atoms with van der Waals surface area (Å²) in [6, 6.07) is 6.80. The summed E-state index contributed by atoms with van der Waals surface area (Å²) >= 11 is 0. The molecule has 1 saturated heterocycles. The van der Waals surface area contributed by atoms with E-state index in [1.54, 1.807) is 6.07 Å². The van der Waals surface area contributed by atoms with Gasteiger partial charge in [0.1, 0.15) is 5.82 Å². The van der Waals surface area contributed by atoms with Crippen LogP contribution in [0.2, 0.25) is 0 Å². The smallest absolute Gasteiger partial charge is 0.319 e. The molecule has 0 spiro atoms. The number of urea groups is 1. The number of carbonyl (C=O) groups is 1. The minimum atomic E-state index is -0.351. The summed E-state index contributed by atoms with van der Waals surface area (Å²) in [5, 5.41) is 5.58. The van der Waals surface area contributed by atoms with Crippen LogP contribution in [0.5, 0.6) is 11.8 Å². The van der Waals surface area contributed by atoms with Crippen molar-refractivity contribution in [3.63, 3.8) is 0 Å². The second-order valence-electron chi connectivity index (χ2n) is 5.79. The molecule has 2 aromatic rings. The van der Waals surface area contributed by atoms with Gasteiger partial charge < -0.3 is 25.0 Å². The monoisotopic (exact) mass is 361 g/mol. The van der Waals surface area contributed by atoms with E-state index in [4.69, 9.17) is 9.47 Å². The summed E-state index contributed by atoms with van der Waals surface area (Å²) in [5.74, 6) is 0.968. The number of nitrogens with one attached hydrogen (secondary N) is 2. The van der Waals surface area contributed by atoms with E-state index in [0.29, 0.717) is 36.5 Å². The topological polar surface area (TPSA) is 88.6 Å². The number of benzene rings is 1. The fraction of sp³-hybridized carbons (Fsp3) is 0.353. The first kappa shape index (κ1) is 17.7. The molecule has 2 N–H and O–H groups in total. The molecule has 0 unspecified atom stereocenters. The quantitative estimate of drug-likeness (QED) is 0.847. The van der Waals surface area contributed by atoms with Gasteiger partial charge in [0.25, 0.3) is 0 Å². The van der Waals surface area contributed by atoms with Crippen LogP contribution in [-0.4, -0.2) is 49.4 Å². The fourth-order valence-electron chi connectivity index (χ4n) is 2.69. The largest absolute Gasteiger partial charge is 0.481 e. The number of hydrogen-bond acceptors (Lipinski definition) is 6. The molecule has 138 valence electrons. The van der Waals surface area contributed by atoms with Crippen LogP contribution in [-0.2, 0) is 0 Å². The summed E-state index contributed by atoms with van der Waals surface area (Å²) in [5.41, 5.74) is 0.527. The highest BCUT2D eigenvalue weighted by molar-refractivity contribution is 5.89. The van der Waals surface area contributed by atoms with Crippen molar-refractivity contribution in [2.75, 3.05) is 37.5 Å². The number of methoxy groups -OCH3 is 2. The number of halogens is 1. The maximum Gasteiger partial charge on any atom is 0.319 e. The van der Waals surface area contributed by atoms with Gasteiger partial charge in [-0.3, -0.25) is 0 Å². The lowest BCUT2D eigenvalue weighted by molar-refractivity contribution is 0.249. The second kappa shape index (κ2) is 7.85. The van der Waals surface area contributed by atoms with E-state index in [1.165, 1.54) is 38.5 Å². The van der Waals surface area contributed by atoms with E-state index >= 15 is 0 Å². The molecule has 2 amide bonds. The van der Waals surface area contributed by atoms with Crippen LogP contribution in [0.25, 0.3) is 0 Å². The zero-order valence-electron chi connectivity index (χ0n) is 14.5. The molecule has 1 atom stereocenters. The molecule has 1 fully saturated rings. The molecule has 9 heteroatoms. The summed E-state index contributed by atoms with van der Waals surface area (Å²) in [6.07, 6.45) is 0.750. The SMILES string of the molecule is COc1cc(OC)nc(N2CC[C@H](NC(=O)Nc3ccc(F)cc3)C2)n1.